The van der Waals surface area contributed by atoms with E-state index in [0.29, 0.717) is 23.4 Å². The number of methoxy groups -OCH3 is 1. The highest BCUT2D eigenvalue weighted by Gasteiger charge is 2.14. The number of carbonyl (C=O) groups excluding carboxylic acids is 2. The molecule has 122 valence electrons. The van der Waals surface area contributed by atoms with Crippen LogP contribution in [0.5, 0.6) is 0 Å². The van der Waals surface area contributed by atoms with Gasteiger partial charge >= 0.3 is 5.97 Å². The minimum Gasteiger partial charge on any atom is -0.465 e. The van der Waals surface area contributed by atoms with Gasteiger partial charge in [-0.1, -0.05) is 24.8 Å². The van der Waals surface area contributed by atoms with Gasteiger partial charge in [0.15, 0.2) is 0 Å². The predicted octanol–water partition coefficient (Wildman–Crippen LogP) is 2.52. The molecule has 2 N–H and O–H groups in total. The van der Waals surface area contributed by atoms with E-state index in [1.165, 1.54) is 18.1 Å². The van der Waals surface area contributed by atoms with Crippen LogP contribution in [-0.4, -0.2) is 37.5 Å². The molecule has 0 bridgehead atoms. The summed E-state index contributed by atoms with van der Waals surface area (Å²) in [6, 6.07) is 6.43. The largest absolute Gasteiger partial charge is 0.465 e. The van der Waals surface area contributed by atoms with Crippen molar-refractivity contribution in [1.29, 1.82) is 0 Å². The van der Waals surface area contributed by atoms with Gasteiger partial charge in [-0.25, -0.2) is 4.79 Å². The Morgan fingerprint density at radius 1 is 1.35 bits per heavy atom. The van der Waals surface area contributed by atoms with Crippen molar-refractivity contribution < 1.29 is 14.3 Å². The number of amides is 1. The van der Waals surface area contributed by atoms with Crippen molar-refractivity contribution >= 4 is 11.9 Å². The molecule has 0 aliphatic carbocycles. The van der Waals surface area contributed by atoms with Gasteiger partial charge in [0.1, 0.15) is 0 Å². The first-order valence-corrected chi connectivity index (χ1v) is 7.07. The molecule has 23 heavy (non-hydrogen) atoms. The summed E-state index contributed by atoms with van der Waals surface area (Å²) in [5, 5.41) is 0. The molecule has 0 radical (unpaired) electrons. The number of nitrogens with two attached hydrogens (primary N) is 1. The number of hydrogen-bond acceptors (Lipinski definition) is 4. The number of esters is 1. The Morgan fingerprint density at radius 3 is 2.61 bits per heavy atom. The molecule has 0 heterocycles. The van der Waals surface area contributed by atoms with Crippen molar-refractivity contribution in [2.45, 2.75) is 6.92 Å². The highest BCUT2D eigenvalue weighted by Crippen LogP contribution is 2.10. The number of likely N-dealkylation sites (N-methyl/N-ethyl adjacent to an activating group) is 1. The third-order valence-electron chi connectivity index (χ3n) is 3.01. The summed E-state index contributed by atoms with van der Waals surface area (Å²) >= 11 is 0. The van der Waals surface area contributed by atoms with Crippen LogP contribution in [0, 0.1) is 0 Å². The van der Waals surface area contributed by atoms with Gasteiger partial charge in [-0.05, 0) is 36.8 Å². The minimum atomic E-state index is -0.474. The van der Waals surface area contributed by atoms with Crippen molar-refractivity contribution in [3.8, 4) is 0 Å². The second-order valence-electron chi connectivity index (χ2n) is 5.16. The molecular formula is C18H22N2O3. The van der Waals surface area contributed by atoms with Crippen molar-refractivity contribution in [3.63, 3.8) is 0 Å². The fourth-order valence-corrected chi connectivity index (χ4v) is 1.88. The van der Waals surface area contributed by atoms with Crippen LogP contribution in [0.2, 0.25) is 0 Å². The van der Waals surface area contributed by atoms with Crippen molar-refractivity contribution in [2.24, 2.45) is 5.73 Å². The van der Waals surface area contributed by atoms with E-state index in [-0.39, 0.29) is 5.91 Å². The smallest absolute Gasteiger partial charge is 0.337 e. The fraction of sp³-hybridized carbons (Fsp3) is 0.222. The lowest BCUT2D eigenvalue weighted by Gasteiger charge is -2.17. The lowest BCUT2D eigenvalue weighted by atomic mass is 10.1. The first kappa shape index (κ1) is 18.2. The maximum atomic E-state index is 12.4. The molecule has 0 aliphatic heterocycles. The van der Waals surface area contributed by atoms with Gasteiger partial charge < -0.3 is 15.4 Å². The van der Waals surface area contributed by atoms with E-state index in [2.05, 4.69) is 11.3 Å². The zero-order chi connectivity index (χ0) is 17.4. The zero-order valence-electron chi connectivity index (χ0n) is 13.7. The van der Waals surface area contributed by atoms with Crippen LogP contribution in [-0.2, 0) is 4.74 Å². The van der Waals surface area contributed by atoms with Gasteiger partial charge in [-0.2, -0.15) is 0 Å². The number of allylic oxidation sites excluding steroid dienone is 3. The Morgan fingerprint density at radius 2 is 2.00 bits per heavy atom. The lowest BCUT2D eigenvalue weighted by Crippen LogP contribution is -2.28. The summed E-state index contributed by atoms with van der Waals surface area (Å²) in [5.74, 6) is -0.672. The van der Waals surface area contributed by atoms with Gasteiger partial charge in [-0.15, -0.1) is 0 Å². The Kier molecular flexibility index (Phi) is 6.80. The number of carbonyl (C=O) groups is 2. The number of hydrogen-bond donors (Lipinski definition) is 1. The van der Waals surface area contributed by atoms with Crippen molar-refractivity contribution in [2.75, 3.05) is 20.7 Å². The van der Waals surface area contributed by atoms with Crippen LogP contribution in [0.1, 0.15) is 27.6 Å². The van der Waals surface area contributed by atoms with Crippen LogP contribution in [0.3, 0.4) is 0 Å². The first-order valence-electron chi connectivity index (χ1n) is 7.07. The molecule has 5 nitrogen and oxygen atoms in total. The van der Waals surface area contributed by atoms with Gasteiger partial charge in [0.05, 0.1) is 12.7 Å². The molecule has 1 aromatic rings. The molecular weight excluding hydrogens is 292 g/mol. The summed E-state index contributed by atoms with van der Waals surface area (Å²) in [6.45, 7) is 6.06. The Hall–Kier alpha value is -2.82. The molecule has 1 rings (SSSR count). The van der Waals surface area contributed by atoms with E-state index in [0.717, 1.165) is 5.57 Å². The second-order valence-corrected chi connectivity index (χ2v) is 5.16. The van der Waals surface area contributed by atoms with E-state index in [1.807, 2.05) is 0 Å². The molecule has 0 unspecified atom stereocenters. The number of nitrogens with zero attached hydrogens (tertiary/aromatic N) is 1. The molecule has 1 amide bonds. The fourth-order valence-electron chi connectivity index (χ4n) is 1.88. The van der Waals surface area contributed by atoms with Crippen LogP contribution in [0.25, 0.3) is 0 Å². The standard InChI is InChI=1S/C18H22N2O3/c1-13(7-5-8-14(2)19)12-20(3)17(21)15-9-6-10-16(11-15)18(22)23-4/h5-11H,1,12,19H2,2-4H3/b7-5-,14-8-. The summed E-state index contributed by atoms with van der Waals surface area (Å²) < 4.78 is 4.66. The predicted molar refractivity (Wildman–Crippen MR) is 91.0 cm³/mol. The van der Waals surface area contributed by atoms with Gasteiger partial charge in [0, 0.05) is 24.9 Å². The molecule has 5 heteroatoms. The normalized spacial score (nSPS) is 11.3. The maximum absolute atomic E-state index is 12.4. The molecule has 0 aliphatic rings. The van der Waals surface area contributed by atoms with Crippen molar-refractivity contribution in [1.82, 2.24) is 4.90 Å². The van der Waals surface area contributed by atoms with E-state index >= 15 is 0 Å². The zero-order valence-corrected chi connectivity index (χ0v) is 13.7. The van der Waals surface area contributed by atoms with E-state index < -0.39 is 5.97 Å². The molecule has 0 atom stereocenters. The summed E-state index contributed by atoms with van der Waals surface area (Å²) in [4.78, 5) is 25.5. The van der Waals surface area contributed by atoms with E-state index in [1.54, 1.807) is 50.4 Å². The number of ether oxygens (including phenoxy) is 1. The highest BCUT2D eigenvalue weighted by molar-refractivity contribution is 5.97. The topological polar surface area (TPSA) is 72.6 Å². The average molecular weight is 314 g/mol. The molecule has 0 aromatic heterocycles. The lowest BCUT2D eigenvalue weighted by molar-refractivity contribution is 0.0600. The van der Waals surface area contributed by atoms with Gasteiger partial charge in [0.25, 0.3) is 5.91 Å². The van der Waals surface area contributed by atoms with E-state index in [9.17, 15) is 9.59 Å². The van der Waals surface area contributed by atoms with E-state index in [4.69, 9.17) is 5.73 Å². The first-order chi connectivity index (χ1) is 10.8. The minimum absolute atomic E-state index is 0.198. The van der Waals surface area contributed by atoms with Crippen LogP contribution >= 0.6 is 0 Å². The Balaban J connectivity index is 2.77. The summed E-state index contributed by atoms with van der Waals surface area (Å²) in [7, 11) is 2.98. The van der Waals surface area contributed by atoms with Crippen LogP contribution in [0.15, 0.2) is 60.3 Å². The second kappa shape index (κ2) is 8.58. The van der Waals surface area contributed by atoms with Crippen LogP contribution in [0.4, 0.5) is 0 Å². The van der Waals surface area contributed by atoms with Crippen LogP contribution < -0.4 is 5.73 Å². The summed E-state index contributed by atoms with van der Waals surface area (Å²) in [5.41, 5.74) is 7.75. The third kappa shape index (κ3) is 5.82. The number of benzene rings is 1. The Labute approximate surface area is 136 Å². The summed E-state index contributed by atoms with van der Waals surface area (Å²) in [6.07, 6.45) is 5.34. The van der Waals surface area contributed by atoms with Gasteiger partial charge in [0.2, 0.25) is 0 Å². The van der Waals surface area contributed by atoms with Gasteiger partial charge in [-0.3, -0.25) is 4.79 Å². The SMILES string of the molecule is C=C(/C=C\C=C(\C)N)CN(C)C(=O)c1cccc(C(=O)OC)c1. The molecule has 1 aromatic carbocycles. The average Bonchev–Trinajstić information content (AvgIpc) is 2.52. The maximum Gasteiger partial charge on any atom is 0.337 e. The molecule has 0 fully saturated rings. The molecule has 0 spiro atoms. The molecule has 0 saturated carbocycles. The third-order valence-corrected chi connectivity index (χ3v) is 3.01. The van der Waals surface area contributed by atoms with Crippen molar-refractivity contribution in [3.05, 3.63) is 71.5 Å². The monoisotopic (exact) mass is 314 g/mol. The quantitative estimate of drug-likeness (QED) is 0.647. The Bertz CT molecular complexity index is 656. The highest BCUT2D eigenvalue weighted by atomic mass is 16.5. The molecule has 0 saturated heterocycles. The number of rotatable bonds is 6.